The molecule has 0 spiro atoms. The maximum absolute atomic E-state index is 12.1. The van der Waals surface area contributed by atoms with E-state index in [2.05, 4.69) is 24.1 Å². The number of ether oxygens (including phenoxy) is 1. The zero-order chi connectivity index (χ0) is 13.1. The van der Waals surface area contributed by atoms with E-state index in [0.29, 0.717) is 25.6 Å². The third kappa shape index (κ3) is 3.94. The number of nitrogens with two attached hydrogens (primary N) is 1. The van der Waals surface area contributed by atoms with Crippen LogP contribution in [0.5, 0.6) is 0 Å². The number of hydrogen-bond acceptors (Lipinski definition) is 4. The highest BCUT2D eigenvalue weighted by molar-refractivity contribution is 5.86. The van der Waals surface area contributed by atoms with Gasteiger partial charge in [-0.3, -0.25) is 4.79 Å². The van der Waals surface area contributed by atoms with E-state index >= 15 is 0 Å². The quantitative estimate of drug-likeness (QED) is 0.702. The van der Waals surface area contributed by atoms with Crippen LogP contribution in [0.3, 0.4) is 0 Å². The molecular weight excluding hydrogens is 218 g/mol. The summed E-state index contributed by atoms with van der Waals surface area (Å²) in [5.41, 5.74) is 5.20. The Bertz CT molecular complexity index is 260. The van der Waals surface area contributed by atoms with Crippen LogP contribution in [0, 0.1) is 5.92 Å². The van der Waals surface area contributed by atoms with Gasteiger partial charge in [0.2, 0.25) is 5.91 Å². The highest BCUT2D eigenvalue weighted by Gasteiger charge is 2.39. The molecule has 1 amide bonds. The third-order valence-corrected chi connectivity index (χ3v) is 3.19. The molecule has 1 fully saturated rings. The van der Waals surface area contributed by atoms with Gasteiger partial charge in [-0.2, -0.15) is 0 Å². The second-order valence-electron chi connectivity index (χ2n) is 5.54. The molecule has 0 bridgehead atoms. The summed E-state index contributed by atoms with van der Waals surface area (Å²) in [4.78, 5) is 14.2. The molecule has 0 saturated carbocycles. The van der Waals surface area contributed by atoms with Crippen molar-refractivity contribution in [3.63, 3.8) is 0 Å². The number of likely N-dealkylation sites (N-methyl/N-ethyl adjacent to an activating group) is 1. The summed E-state index contributed by atoms with van der Waals surface area (Å²) in [6.45, 7) is 5.92. The molecule has 17 heavy (non-hydrogen) atoms. The molecule has 1 heterocycles. The fourth-order valence-corrected chi connectivity index (χ4v) is 1.89. The van der Waals surface area contributed by atoms with Crippen molar-refractivity contribution < 1.29 is 9.53 Å². The lowest BCUT2D eigenvalue weighted by Gasteiger charge is -2.29. The average molecular weight is 243 g/mol. The SMILES string of the molecule is CC(C)C(CN(C)C)NC(=O)C1(N)CCOC1. The summed E-state index contributed by atoms with van der Waals surface area (Å²) in [5, 5.41) is 3.04. The third-order valence-electron chi connectivity index (χ3n) is 3.19. The van der Waals surface area contributed by atoms with Gasteiger partial charge in [0.15, 0.2) is 0 Å². The van der Waals surface area contributed by atoms with Gasteiger partial charge >= 0.3 is 0 Å². The number of nitrogens with one attached hydrogen (secondary N) is 1. The van der Waals surface area contributed by atoms with Crippen molar-refractivity contribution in [1.29, 1.82) is 0 Å². The summed E-state index contributed by atoms with van der Waals surface area (Å²) in [6.07, 6.45) is 0.603. The van der Waals surface area contributed by atoms with Crippen LogP contribution < -0.4 is 11.1 Å². The monoisotopic (exact) mass is 243 g/mol. The Balaban J connectivity index is 2.57. The van der Waals surface area contributed by atoms with Gasteiger partial charge in [-0.15, -0.1) is 0 Å². The van der Waals surface area contributed by atoms with Gasteiger partial charge in [0.05, 0.1) is 6.61 Å². The molecule has 0 aliphatic carbocycles. The molecule has 5 heteroatoms. The van der Waals surface area contributed by atoms with Crippen LogP contribution >= 0.6 is 0 Å². The van der Waals surface area contributed by atoms with E-state index in [9.17, 15) is 4.79 Å². The first kappa shape index (κ1) is 14.4. The lowest BCUT2D eigenvalue weighted by atomic mass is 9.96. The second-order valence-corrected chi connectivity index (χ2v) is 5.54. The van der Waals surface area contributed by atoms with Crippen LogP contribution in [-0.4, -0.2) is 56.2 Å². The van der Waals surface area contributed by atoms with Crippen LogP contribution in [0.25, 0.3) is 0 Å². The molecule has 0 radical (unpaired) electrons. The van der Waals surface area contributed by atoms with Gasteiger partial charge in [-0.25, -0.2) is 0 Å². The largest absolute Gasteiger partial charge is 0.379 e. The van der Waals surface area contributed by atoms with Crippen molar-refractivity contribution >= 4 is 5.91 Å². The van der Waals surface area contributed by atoms with Crippen molar-refractivity contribution in [3.05, 3.63) is 0 Å². The summed E-state index contributed by atoms with van der Waals surface area (Å²) in [7, 11) is 4.00. The summed E-state index contributed by atoms with van der Waals surface area (Å²) >= 11 is 0. The maximum atomic E-state index is 12.1. The van der Waals surface area contributed by atoms with Crippen molar-refractivity contribution in [3.8, 4) is 0 Å². The van der Waals surface area contributed by atoms with Crippen LogP contribution in [0.2, 0.25) is 0 Å². The van der Waals surface area contributed by atoms with E-state index in [4.69, 9.17) is 10.5 Å². The molecule has 2 atom stereocenters. The molecule has 3 N–H and O–H groups in total. The van der Waals surface area contributed by atoms with Crippen LogP contribution in [0.4, 0.5) is 0 Å². The van der Waals surface area contributed by atoms with Crippen LogP contribution in [0.15, 0.2) is 0 Å². The normalized spacial score (nSPS) is 26.5. The Morgan fingerprint density at radius 3 is 2.59 bits per heavy atom. The number of nitrogens with zero attached hydrogens (tertiary/aromatic N) is 1. The molecule has 1 aliphatic heterocycles. The minimum atomic E-state index is -0.834. The molecule has 2 unspecified atom stereocenters. The molecular formula is C12H25N3O2. The van der Waals surface area contributed by atoms with Gasteiger partial charge < -0.3 is 20.7 Å². The highest BCUT2D eigenvalue weighted by atomic mass is 16.5. The Kier molecular flexibility index (Phi) is 4.91. The number of rotatable bonds is 5. The standard InChI is InChI=1S/C12H25N3O2/c1-9(2)10(7-15(3)4)14-11(16)12(13)5-6-17-8-12/h9-10H,5-8,13H2,1-4H3,(H,14,16). The summed E-state index contributed by atoms with van der Waals surface area (Å²) in [6, 6.07) is 0.124. The first-order chi connectivity index (χ1) is 7.85. The minimum Gasteiger partial charge on any atom is -0.379 e. The van der Waals surface area contributed by atoms with E-state index < -0.39 is 5.54 Å². The van der Waals surface area contributed by atoms with E-state index in [-0.39, 0.29) is 11.9 Å². The van der Waals surface area contributed by atoms with Crippen molar-refractivity contribution in [2.24, 2.45) is 11.7 Å². The van der Waals surface area contributed by atoms with Gasteiger partial charge in [-0.1, -0.05) is 13.8 Å². The maximum Gasteiger partial charge on any atom is 0.242 e. The molecule has 5 nitrogen and oxygen atoms in total. The number of amides is 1. The first-order valence-corrected chi connectivity index (χ1v) is 6.17. The molecule has 1 rings (SSSR count). The molecule has 0 aromatic heterocycles. The average Bonchev–Trinajstić information content (AvgIpc) is 2.64. The molecule has 1 aliphatic rings. The van der Waals surface area contributed by atoms with E-state index in [1.165, 1.54) is 0 Å². The zero-order valence-corrected chi connectivity index (χ0v) is 11.3. The molecule has 0 aromatic carbocycles. The van der Waals surface area contributed by atoms with Gasteiger partial charge in [0.1, 0.15) is 5.54 Å². The van der Waals surface area contributed by atoms with Crippen LogP contribution in [-0.2, 0) is 9.53 Å². The molecule has 1 saturated heterocycles. The topological polar surface area (TPSA) is 67.6 Å². The Morgan fingerprint density at radius 1 is 1.53 bits per heavy atom. The van der Waals surface area contributed by atoms with E-state index in [0.717, 1.165) is 6.54 Å². The van der Waals surface area contributed by atoms with Crippen LogP contribution in [0.1, 0.15) is 20.3 Å². The van der Waals surface area contributed by atoms with Crippen molar-refractivity contribution in [2.75, 3.05) is 33.9 Å². The number of carbonyl (C=O) groups is 1. The van der Waals surface area contributed by atoms with Gasteiger partial charge in [0.25, 0.3) is 0 Å². The molecule has 0 aromatic rings. The van der Waals surface area contributed by atoms with Gasteiger partial charge in [-0.05, 0) is 26.4 Å². The zero-order valence-electron chi connectivity index (χ0n) is 11.3. The fourth-order valence-electron chi connectivity index (χ4n) is 1.89. The lowest BCUT2D eigenvalue weighted by molar-refractivity contribution is -0.127. The smallest absolute Gasteiger partial charge is 0.242 e. The molecule has 100 valence electrons. The van der Waals surface area contributed by atoms with Crippen molar-refractivity contribution in [1.82, 2.24) is 10.2 Å². The summed E-state index contributed by atoms with van der Waals surface area (Å²) < 4.78 is 5.21. The first-order valence-electron chi connectivity index (χ1n) is 6.17. The summed E-state index contributed by atoms with van der Waals surface area (Å²) in [5.74, 6) is 0.294. The van der Waals surface area contributed by atoms with Crippen molar-refractivity contribution in [2.45, 2.75) is 31.8 Å². The van der Waals surface area contributed by atoms with E-state index in [1.807, 2.05) is 14.1 Å². The predicted octanol–water partition coefficient (Wildman–Crippen LogP) is -0.193. The van der Waals surface area contributed by atoms with E-state index in [1.54, 1.807) is 0 Å². The highest BCUT2D eigenvalue weighted by Crippen LogP contribution is 2.16. The number of carbonyl (C=O) groups excluding carboxylic acids is 1. The number of hydrogen-bond donors (Lipinski definition) is 2. The Labute approximate surface area is 104 Å². The second kappa shape index (κ2) is 5.80. The fraction of sp³-hybridized carbons (Fsp3) is 0.917. The minimum absolute atomic E-state index is 0.0875. The van der Waals surface area contributed by atoms with Gasteiger partial charge in [0, 0.05) is 19.2 Å². The predicted molar refractivity (Wildman–Crippen MR) is 67.7 cm³/mol. The lowest BCUT2D eigenvalue weighted by Crippen LogP contribution is -2.58. The Morgan fingerprint density at radius 2 is 2.18 bits per heavy atom. The Hall–Kier alpha value is -0.650.